The third-order valence-corrected chi connectivity index (χ3v) is 6.69. The summed E-state index contributed by atoms with van der Waals surface area (Å²) in [7, 11) is 0. The van der Waals surface area contributed by atoms with Crippen LogP contribution in [-0.4, -0.2) is 50.2 Å². The summed E-state index contributed by atoms with van der Waals surface area (Å²) in [5.41, 5.74) is 2.39. The number of carbonyl (C=O) groups is 1. The Morgan fingerprint density at radius 1 is 1.40 bits per heavy atom. The number of hydrogen-bond acceptors (Lipinski definition) is 6. The normalized spacial score (nSPS) is 20.6. The molecule has 30 heavy (non-hydrogen) atoms. The molecular weight excluding hydrogens is 402 g/mol. The number of aryl methyl sites for hydroxylation is 1. The molecule has 0 radical (unpaired) electrons. The Morgan fingerprint density at radius 2 is 2.30 bits per heavy atom. The third-order valence-electron chi connectivity index (χ3n) is 5.59. The summed E-state index contributed by atoms with van der Waals surface area (Å²) < 4.78 is 8.90. The van der Waals surface area contributed by atoms with E-state index in [0.717, 1.165) is 30.7 Å². The Balaban J connectivity index is 1.40. The predicted molar refractivity (Wildman–Crippen MR) is 114 cm³/mol. The number of ether oxygens (including phenoxy) is 1. The fourth-order valence-electron chi connectivity index (χ4n) is 4.05. The fourth-order valence-corrected chi connectivity index (χ4v) is 5.18. The average Bonchev–Trinajstić information content (AvgIpc) is 3.47. The van der Waals surface area contributed by atoms with E-state index in [1.807, 2.05) is 31.2 Å². The van der Waals surface area contributed by atoms with E-state index >= 15 is 0 Å². The molecule has 1 N–H and O–H groups in total. The number of aromatic nitrogens is 4. The maximum atomic E-state index is 13.2. The molecule has 8 nitrogen and oxygen atoms in total. The smallest absolute Gasteiger partial charge is 0.265 e. The summed E-state index contributed by atoms with van der Waals surface area (Å²) in [6.07, 6.45) is 3.95. The number of nitrogens with one attached hydrogen (secondary N) is 1. The van der Waals surface area contributed by atoms with Crippen molar-refractivity contribution in [1.82, 2.24) is 24.6 Å². The highest BCUT2D eigenvalue weighted by Gasteiger charge is 2.30. The number of amides is 1. The van der Waals surface area contributed by atoms with Gasteiger partial charge in [-0.3, -0.25) is 14.2 Å². The number of rotatable bonds is 5. The molecule has 1 fully saturated rings. The van der Waals surface area contributed by atoms with E-state index in [2.05, 4.69) is 10.4 Å². The first-order valence-electron chi connectivity index (χ1n) is 10.2. The van der Waals surface area contributed by atoms with E-state index in [1.54, 1.807) is 15.4 Å². The molecule has 0 unspecified atom stereocenters. The van der Waals surface area contributed by atoms with Crippen LogP contribution in [0.1, 0.15) is 30.9 Å². The molecule has 1 saturated heterocycles. The molecule has 9 heteroatoms. The van der Waals surface area contributed by atoms with Gasteiger partial charge in [-0.2, -0.15) is 5.10 Å². The lowest BCUT2D eigenvalue weighted by Crippen LogP contribution is -2.34. The molecule has 1 amide bonds. The van der Waals surface area contributed by atoms with Gasteiger partial charge < -0.3 is 10.1 Å². The second kappa shape index (κ2) is 7.88. The summed E-state index contributed by atoms with van der Waals surface area (Å²) in [4.78, 5) is 30.4. The predicted octanol–water partition coefficient (Wildman–Crippen LogP) is 2.22. The quantitative estimate of drug-likeness (QED) is 0.631. The summed E-state index contributed by atoms with van der Waals surface area (Å²) in [6.45, 7) is 3.31. The van der Waals surface area contributed by atoms with Crippen LogP contribution < -0.4 is 10.9 Å². The minimum absolute atomic E-state index is 0.0635. The van der Waals surface area contributed by atoms with Gasteiger partial charge >= 0.3 is 0 Å². The number of fused-ring (bicyclic) bond motifs is 2. The van der Waals surface area contributed by atoms with E-state index in [1.165, 1.54) is 11.8 Å². The van der Waals surface area contributed by atoms with E-state index in [4.69, 9.17) is 9.72 Å². The Hall–Kier alpha value is -2.65. The van der Waals surface area contributed by atoms with Crippen molar-refractivity contribution in [1.29, 1.82) is 0 Å². The third kappa shape index (κ3) is 3.52. The van der Waals surface area contributed by atoms with Crippen LogP contribution >= 0.6 is 11.8 Å². The van der Waals surface area contributed by atoms with Gasteiger partial charge in [0.15, 0.2) is 10.8 Å². The lowest BCUT2D eigenvalue weighted by molar-refractivity contribution is -0.122. The zero-order valence-electron chi connectivity index (χ0n) is 16.7. The highest BCUT2D eigenvalue weighted by molar-refractivity contribution is 7.99. The number of hydrogen-bond donors (Lipinski definition) is 1. The van der Waals surface area contributed by atoms with Crippen molar-refractivity contribution in [3.8, 4) is 5.69 Å². The maximum absolute atomic E-state index is 13.2. The summed E-state index contributed by atoms with van der Waals surface area (Å²) in [5.74, 6) is 0.589. The van der Waals surface area contributed by atoms with Crippen molar-refractivity contribution >= 4 is 28.7 Å². The van der Waals surface area contributed by atoms with E-state index in [0.29, 0.717) is 28.5 Å². The van der Waals surface area contributed by atoms with Gasteiger partial charge in [0.1, 0.15) is 5.39 Å². The molecule has 0 aliphatic carbocycles. The first-order chi connectivity index (χ1) is 14.6. The Bertz CT molecular complexity index is 1170. The number of thioether (sulfide) groups is 1. The van der Waals surface area contributed by atoms with Gasteiger partial charge in [0.25, 0.3) is 5.56 Å². The number of nitrogens with zero attached hydrogens (tertiary/aromatic N) is 4. The zero-order chi connectivity index (χ0) is 20.7. The average molecular weight is 426 g/mol. The van der Waals surface area contributed by atoms with Gasteiger partial charge in [-0.25, -0.2) is 9.67 Å². The molecule has 5 rings (SSSR count). The molecule has 0 saturated carbocycles. The van der Waals surface area contributed by atoms with Gasteiger partial charge in [0.05, 0.1) is 24.0 Å². The second-order valence-corrected chi connectivity index (χ2v) is 8.80. The van der Waals surface area contributed by atoms with Crippen molar-refractivity contribution < 1.29 is 9.53 Å². The lowest BCUT2D eigenvalue weighted by Gasteiger charge is -2.15. The van der Waals surface area contributed by atoms with Gasteiger partial charge in [0, 0.05) is 25.3 Å². The Labute approximate surface area is 177 Å². The van der Waals surface area contributed by atoms with Crippen LogP contribution in [0.4, 0.5) is 0 Å². The van der Waals surface area contributed by atoms with Crippen molar-refractivity contribution in [3.05, 3.63) is 46.4 Å². The molecular formula is C21H23N5O3S. The van der Waals surface area contributed by atoms with Gasteiger partial charge in [0.2, 0.25) is 5.91 Å². The summed E-state index contributed by atoms with van der Waals surface area (Å²) >= 11 is 1.51. The molecule has 2 aromatic heterocycles. The largest absolute Gasteiger partial charge is 0.376 e. The standard InChI is InChI=1S/C21H23N5O3S/c1-13-4-2-5-14(8-13)26-19-17(11-23-26)20(28)25-15(12-30-21(25)24-19)9-18(27)22-10-16-6-3-7-29-16/h2,4-5,8,11,15-16H,3,6-7,9-10,12H2,1H3,(H,22,27)/t15-,16-/m1/s1. The van der Waals surface area contributed by atoms with Gasteiger partial charge in [-0.05, 0) is 37.5 Å². The Kier molecular flexibility index (Phi) is 5.08. The van der Waals surface area contributed by atoms with E-state index in [9.17, 15) is 9.59 Å². The van der Waals surface area contributed by atoms with Crippen molar-refractivity contribution in [2.24, 2.45) is 0 Å². The molecule has 2 aliphatic heterocycles. The highest BCUT2D eigenvalue weighted by Crippen LogP contribution is 2.33. The van der Waals surface area contributed by atoms with E-state index in [-0.39, 0.29) is 30.0 Å². The molecule has 0 bridgehead atoms. The molecule has 1 aromatic carbocycles. The highest BCUT2D eigenvalue weighted by atomic mass is 32.2. The lowest BCUT2D eigenvalue weighted by atomic mass is 10.2. The molecule has 4 heterocycles. The first kappa shape index (κ1) is 19.3. The van der Waals surface area contributed by atoms with Crippen molar-refractivity contribution in [2.45, 2.75) is 43.5 Å². The van der Waals surface area contributed by atoms with Crippen LogP contribution in [0.15, 0.2) is 40.4 Å². The summed E-state index contributed by atoms with van der Waals surface area (Å²) in [6, 6.07) is 7.71. The van der Waals surface area contributed by atoms with Crippen LogP contribution in [0, 0.1) is 6.92 Å². The molecule has 2 atom stereocenters. The first-order valence-corrected chi connectivity index (χ1v) is 11.2. The number of benzene rings is 1. The molecule has 0 spiro atoms. The van der Waals surface area contributed by atoms with E-state index < -0.39 is 0 Å². The Morgan fingerprint density at radius 3 is 3.10 bits per heavy atom. The van der Waals surface area contributed by atoms with Crippen LogP contribution in [0.3, 0.4) is 0 Å². The molecule has 2 aliphatic rings. The zero-order valence-corrected chi connectivity index (χ0v) is 17.5. The SMILES string of the molecule is Cc1cccc(-n2ncc3c(=O)n4c(nc32)SC[C@H]4CC(=O)NC[C@H]2CCCO2)c1. The second-order valence-electron chi connectivity index (χ2n) is 7.81. The van der Waals surface area contributed by atoms with Crippen molar-refractivity contribution in [2.75, 3.05) is 18.9 Å². The number of carbonyl (C=O) groups excluding carboxylic acids is 1. The van der Waals surface area contributed by atoms with Gasteiger partial charge in [-0.15, -0.1) is 0 Å². The summed E-state index contributed by atoms with van der Waals surface area (Å²) in [5, 5.41) is 8.45. The fraction of sp³-hybridized carbons (Fsp3) is 0.429. The van der Waals surface area contributed by atoms with Crippen LogP contribution in [0.2, 0.25) is 0 Å². The topological polar surface area (TPSA) is 91.0 Å². The van der Waals surface area contributed by atoms with Gasteiger partial charge in [-0.1, -0.05) is 23.9 Å². The minimum Gasteiger partial charge on any atom is -0.376 e. The molecule has 3 aromatic rings. The monoisotopic (exact) mass is 425 g/mol. The molecule has 156 valence electrons. The minimum atomic E-state index is -0.207. The van der Waals surface area contributed by atoms with Crippen LogP contribution in [-0.2, 0) is 9.53 Å². The van der Waals surface area contributed by atoms with Crippen LogP contribution in [0.5, 0.6) is 0 Å². The maximum Gasteiger partial charge on any atom is 0.265 e. The van der Waals surface area contributed by atoms with Crippen molar-refractivity contribution in [3.63, 3.8) is 0 Å². The van der Waals surface area contributed by atoms with Crippen LogP contribution in [0.25, 0.3) is 16.7 Å².